The highest BCUT2D eigenvalue weighted by Gasteiger charge is 2.52. The summed E-state index contributed by atoms with van der Waals surface area (Å²) in [5, 5.41) is 0. The number of carbonyl (C=O) groups excluding carboxylic acids is 1. The van der Waals surface area contributed by atoms with Gasteiger partial charge < -0.3 is 10.5 Å². The van der Waals surface area contributed by atoms with Crippen molar-refractivity contribution in [3.8, 4) is 0 Å². The van der Waals surface area contributed by atoms with E-state index in [2.05, 4.69) is 19.6 Å². The molecule has 2 heterocycles. The second-order valence-corrected chi connectivity index (χ2v) is 7.14. The van der Waals surface area contributed by atoms with E-state index in [1.165, 1.54) is 0 Å². The second-order valence-electron chi connectivity index (χ2n) is 7.14. The quantitative estimate of drug-likeness (QED) is 0.398. The molecule has 1 aromatic heterocycles. The zero-order chi connectivity index (χ0) is 24.6. The van der Waals surface area contributed by atoms with Crippen molar-refractivity contribution in [3.05, 3.63) is 70.1 Å². The molecular weight excluding hydrogens is 461 g/mol. The molecule has 3 rings (SSSR count). The number of aromatic nitrogens is 1. The number of Topliss-reactive ketones (excluding diaryl/α,β-unsaturated/α-hetero) is 1. The summed E-state index contributed by atoms with van der Waals surface area (Å²) in [5.41, 5.74) is 0.583. The van der Waals surface area contributed by atoms with Crippen molar-refractivity contribution < 1.29 is 40.3 Å². The first-order valence-electron chi connectivity index (χ1n) is 9.09. The first-order chi connectivity index (χ1) is 15.4. The largest absolute Gasteiger partial charge is 0.452 e. The molecule has 0 fully saturated rings. The van der Waals surface area contributed by atoms with Crippen molar-refractivity contribution in [2.24, 2.45) is 10.7 Å². The van der Waals surface area contributed by atoms with Gasteiger partial charge in [0.05, 0.1) is 6.57 Å². The highest BCUT2D eigenvalue weighted by molar-refractivity contribution is 5.96. The van der Waals surface area contributed by atoms with Crippen LogP contribution in [-0.2, 0) is 16.7 Å². The van der Waals surface area contributed by atoms with Crippen molar-refractivity contribution in [2.75, 3.05) is 6.67 Å². The van der Waals surface area contributed by atoms with E-state index in [0.717, 1.165) is 18.3 Å². The summed E-state index contributed by atoms with van der Waals surface area (Å²) in [5.74, 6) is -5.41. The van der Waals surface area contributed by atoms with Crippen LogP contribution in [0.1, 0.15) is 28.0 Å². The first kappa shape index (κ1) is 24.0. The Labute approximate surface area is 181 Å². The van der Waals surface area contributed by atoms with Crippen LogP contribution >= 0.6 is 0 Å². The summed E-state index contributed by atoms with van der Waals surface area (Å²) < 4.78 is 101. The molecule has 0 unspecified atom stereocenters. The van der Waals surface area contributed by atoms with Crippen LogP contribution in [-0.4, -0.2) is 35.7 Å². The summed E-state index contributed by atoms with van der Waals surface area (Å²) in [4.78, 5) is 22.4. The van der Waals surface area contributed by atoms with Gasteiger partial charge in [-0.2, -0.15) is 13.2 Å². The Kier molecular flexibility index (Phi) is 6.31. The number of benzene rings is 1. The zero-order valence-electron chi connectivity index (χ0n) is 16.4. The zero-order valence-corrected chi connectivity index (χ0v) is 16.4. The highest BCUT2D eigenvalue weighted by Crippen LogP contribution is 2.42. The second kappa shape index (κ2) is 8.68. The molecule has 1 aliphatic heterocycles. The SMILES string of the molecule is [C-]#[N+]c1cnc(C(=O)Cc2cc(F)c(F)c([C@]3(CF)C[C@@H](C(F)(F)F)OC(N)=N3)c2)c(F)c1. The number of carbonyl (C=O) groups is 1. The van der Waals surface area contributed by atoms with Crippen LogP contribution in [0.4, 0.5) is 36.4 Å². The molecule has 1 aliphatic rings. The number of alkyl halides is 4. The van der Waals surface area contributed by atoms with Crippen LogP contribution in [0.2, 0.25) is 0 Å². The van der Waals surface area contributed by atoms with Gasteiger partial charge >= 0.3 is 6.18 Å². The topological polar surface area (TPSA) is 81.9 Å². The molecule has 0 spiro atoms. The van der Waals surface area contributed by atoms with Gasteiger partial charge in [-0.3, -0.25) is 9.78 Å². The van der Waals surface area contributed by atoms with E-state index in [0.29, 0.717) is 6.07 Å². The van der Waals surface area contributed by atoms with Crippen LogP contribution in [0.3, 0.4) is 0 Å². The molecule has 0 saturated heterocycles. The van der Waals surface area contributed by atoms with E-state index in [4.69, 9.17) is 12.3 Å². The van der Waals surface area contributed by atoms with Gasteiger partial charge in [0.15, 0.2) is 23.5 Å². The lowest BCUT2D eigenvalue weighted by atomic mass is 9.83. The molecule has 2 N–H and O–H groups in total. The summed E-state index contributed by atoms with van der Waals surface area (Å²) in [7, 11) is 0. The number of halogens is 7. The Morgan fingerprint density at radius 3 is 2.52 bits per heavy atom. The third-order valence-corrected chi connectivity index (χ3v) is 4.87. The molecule has 1 aromatic carbocycles. The van der Waals surface area contributed by atoms with Crippen LogP contribution in [0, 0.1) is 24.0 Å². The van der Waals surface area contributed by atoms with Gasteiger partial charge in [0.2, 0.25) is 5.69 Å². The Hall–Kier alpha value is -3.69. The van der Waals surface area contributed by atoms with Gasteiger partial charge in [0.1, 0.15) is 23.7 Å². The van der Waals surface area contributed by atoms with Crippen molar-refractivity contribution in [2.45, 2.75) is 30.7 Å². The number of nitrogens with two attached hydrogens (primary N) is 1. The number of hydrogen-bond donors (Lipinski definition) is 1. The number of ether oxygens (including phenoxy) is 1. The number of nitrogens with zero attached hydrogens (tertiary/aromatic N) is 3. The van der Waals surface area contributed by atoms with E-state index in [1.54, 1.807) is 0 Å². The number of hydrogen-bond acceptors (Lipinski definition) is 5. The molecule has 2 aromatic rings. The number of amidine groups is 1. The lowest BCUT2D eigenvalue weighted by molar-refractivity contribution is -0.209. The number of rotatable bonds is 5. The lowest BCUT2D eigenvalue weighted by Gasteiger charge is -2.36. The number of ketones is 1. The molecule has 0 radical (unpaired) electrons. The fraction of sp³-hybridized carbons (Fsp3) is 0.300. The van der Waals surface area contributed by atoms with E-state index in [1.807, 2.05) is 0 Å². The standard InChI is InChI=1S/C20H13F7N4O2/c1-29-10-5-13(23)17(30-7-10)14(32)4-9-2-11(16(24)12(22)3-9)19(8-21)6-15(20(25,26)27)33-18(28)31-19/h2-3,5,7,15H,4,6,8H2,(H2,28,31)/t15-,19+/m0/s1. The number of pyridine rings is 1. The van der Waals surface area contributed by atoms with Crippen molar-refractivity contribution >= 4 is 17.5 Å². The van der Waals surface area contributed by atoms with Gasteiger partial charge in [0, 0.05) is 24.6 Å². The van der Waals surface area contributed by atoms with E-state index < -0.39 is 77.8 Å². The van der Waals surface area contributed by atoms with Gasteiger partial charge in [-0.05, 0) is 23.8 Å². The fourth-order valence-electron chi connectivity index (χ4n) is 3.34. The van der Waals surface area contributed by atoms with Crippen molar-refractivity contribution in [1.82, 2.24) is 4.98 Å². The Bertz CT molecular complexity index is 1180. The van der Waals surface area contributed by atoms with Crippen LogP contribution in [0.15, 0.2) is 29.4 Å². The van der Waals surface area contributed by atoms with Crippen LogP contribution in [0.5, 0.6) is 0 Å². The molecule has 0 amide bonds. The predicted molar refractivity (Wildman–Crippen MR) is 99.7 cm³/mol. The normalized spacial score (nSPS) is 20.5. The maximum Gasteiger partial charge on any atom is 0.425 e. The average molecular weight is 474 g/mol. The Balaban J connectivity index is 2.03. The number of aliphatic imine (C=N–C) groups is 1. The minimum absolute atomic E-state index is 0.182. The molecule has 2 atom stereocenters. The first-order valence-corrected chi connectivity index (χ1v) is 9.09. The maximum absolute atomic E-state index is 14.6. The minimum Gasteiger partial charge on any atom is -0.452 e. The smallest absolute Gasteiger partial charge is 0.425 e. The maximum atomic E-state index is 14.6. The molecule has 0 bridgehead atoms. The molecule has 6 nitrogen and oxygen atoms in total. The molecule has 174 valence electrons. The lowest BCUT2D eigenvalue weighted by Crippen LogP contribution is -2.48. The fourth-order valence-corrected chi connectivity index (χ4v) is 3.34. The van der Waals surface area contributed by atoms with Crippen molar-refractivity contribution in [1.29, 1.82) is 0 Å². The third-order valence-electron chi connectivity index (χ3n) is 4.87. The van der Waals surface area contributed by atoms with E-state index >= 15 is 0 Å². The predicted octanol–water partition coefficient (Wildman–Crippen LogP) is 4.31. The summed E-state index contributed by atoms with van der Waals surface area (Å²) in [6.07, 6.45) is -8.72. The monoisotopic (exact) mass is 474 g/mol. The summed E-state index contributed by atoms with van der Waals surface area (Å²) >= 11 is 0. The van der Waals surface area contributed by atoms with Crippen LogP contribution < -0.4 is 5.73 Å². The van der Waals surface area contributed by atoms with E-state index in [-0.39, 0.29) is 11.3 Å². The van der Waals surface area contributed by atoms with Gasteiger partial charge in [-0.1, -0.05) is 0 Å². The Morgan fingerprint density at radius 2 is 1.94 bits per heavy atom. The van der Waals surface area contributed by atoms with E-state index in [9.17, 15) is 35.5 Å². The van der Waals surface area contributed by atoms with Crippen molar-refractivity contribution in [3.63, 3.8) is 0 Å². The van der Waals surface area contributed by atoms with Gasteiger partial charge in [0.25, 0.3) is 6.02 Å². The molecule has 13 heteroatoms. The third kappa shape index (κ3) is 4.74. The summed E-state index contributed by atoms with van der Waals surface area (Å²) in [6.45, 7) is 5.10. The Morgan fingerprint density at radius 1 is 1.24 bits per heavy atom. The highest BCUT2D eigenvalue weighted by atomic mass is 19.4. The molecular formula is C20H13F7N4O2. The molecule has 0 saturated carbocycles. The summed E-state index contributed by atoms with van der Waals surface area (Å²) in [6, 6.07) is 0.992. The average Bonchev–Trinajstić information content (AvgIpc) is 2.74. The van der Waals surface area contributed by atoms with Gasteiger partial charge in [-0.25, -0.2) is 27.4 Å². The molecule has 33 heavy (non-hydrogen) atoms. The molecule has 0 aliphatic carbocycles. The minimum atomic E-state index is -5.01. The van der Waals surface area contributed by atoms with Crippen LogP contribution in [0.25, 0.3) is 4.85 Å². The van der Waals surface area contributed by atoms with Gasteiger partial charge in [-0.15, -0.1) is 0 Å².